The molecule has 3 heterocycles. The minimum atomic E-state index is -0.165. The fourth-order valence-electron chi connectivity index (χ4n) is 2.94. The van der Waals surface area contributed by atoms with E-state index in [1.807, 2.05) is 12.1 Å². The van der Waals surface area contributed by atoms with E-state index in [0.717, 1.165) is 36.4 Å². The summed E-state index contributed by atoms with van der Waals surface area (Å²) in [5.74, 6) is 0.109. The van der Waals surface area contributed by atoms with Crippen molar-refractivity contribution < 1.29 is 9.52 Å². The third-order valence-electron chi connectivity index (χ3n) is 4.31. The van der Waals surface area contributed by atoms with Crippen LogP contribution in [0.5, 0.6) is 0 Å². The van der Waals surface area contributed by atoms with Crippen molar-refractivity contribution in [1.82, 2.24) is 15.2 Å². The predicted octanol–water partition coefficient (Wildman–Crippen LogP) is 1.94. The van der Waals surface area contributed by atoms with Crippen LogP contribution in [0.4, 0.5) is 0 Å². The summed E-state index contributed by atoms with van der Waals surface area (Å²) in [6.45, 7) is 2.18. The molecule has 1 saturated heterocycles. The molecule has 0 atom stereocenters. The molecule has 3 rings (SSSR count). The van der Waals surface area contributed by atoms with Crippen molar-refractivity contribution in [3.8, 4) is 0 Å². The molecule has 1 N–H and O–H groups in total. The largest absolute Gasteiger partial charge is 0.618 e. The highest BCUT2D eigenvalue weighted by Gasteiger charge is 2.25. The summed E-state index contributed by atoms with van der Waals surface area (Å²) in [6, 6.07) is 8.78. The molecule has 1 amide bonds. The lowest BCUT2D eigenvalue weighted by molar-refractivity contribution is -0.616. The van der Waals surface area contributed by atoms with Crippen molar-refractivity contribution in [2.24, 2.45) is 0 Å². The molecular formula is C17H19ClN4O2. The number of pyridine rings is 2. The molecule has 126 valence electrons. The zero-order valence-electron chi connectivity index (χ0n) is 13.2. The Morgan fingerprint density at radius 3 is 2.79 bits per heavy atom. The summed E-state index contributed by atoms with van der Waals surface area (Å²) in [6.07, 6.45) is 4.82. The fourth-order valence-corrected chi connectivity index (χ4v) is 3.05. The number of nitrogens with one attached hydrogen (secondary N) is 1. The predicted molar refractivity (Wildman–Crippen MR) is 90.5 cm³/mol. The maximum Gasteiger partial charge on any atom is 0.253 e. The first-order valence-electron chi connectivity index (χ1n) is 7.93. The normalized spacial score (nSPS) is 16.0. The van der Waals surface area contributed by atoms with Gasteiger partial charge in [-0.3, -0.25) is 9.69 Å². The molecule has 1 aliphatic rings. The summed E-state index contributed by atoms with van der Waals surface area (Å²) in [5, 5.41) is 15.1. The van der Waals surface area contributed by atoms with Gasteiger partial charge in [-0.15, -0.1) is 0 Å². The molecule has 2 aromatic heterocycles. The van der Waals surface area contributed by atoms with Gasteiger partial charge >= 0.3 is 0 Å². The van der Waals surface area contributed by atoms with Gasteiger partial charge in [0.2, 0.25) is 0 Å². The second kappa shape index (κ2) is 7.59. The zero-order valence-corrected chi connectivity index (χ0v) is 13.9. The molecule has 0 spiro atoms. The van der Waals surface area contributed by atoms with Crippen LogP contribution in [0.1, 0.15) is 34.8 Å². The lowest BCUT2D eigenvalue weighted by Gasteiger charge is -2.30. The van der Waals surface area contributed by atoms with Crippen LogP contribution in [0.3, 0.4) is 0 Å². The van der Waals surface area contributed by atoms with Gasteiger partial charge in [0, 0.05) is 37.3 Å². The lowest BCUT2D eigenvalue weighted by atomic mass is 9.93. The highest BCUT2D eigenvalue weighted by molar-refractivity contribution is 6.29. The Hall–Kier alpha value is -2.18. The van der Waals surface area contributed by atoms with Crippen molar-refractivity contribution in [3.05, 3.63) is 64.3 Å². The first-order chi connectivity index (χ1) is 11.6. The van der Waals surface area contributed by atoms with E-state index in [9.17, 15) is 10.0 Å². The second-order valence-corrected chi connectivity index (χ2v) is 6.26. The van der Waals surface area contributed by atoms with Gasteiger partial charge < -0.3 is 10.5 Å². The van der Waals surface area contributed by atoms with E-state index < -0.39 is 0 Å². The first-order valence-corrected chi connectivity index (χ1v) is 8.31. The van der Waals surface area contributed by atoms with Crippen molar-refractivity contribution in [2.45, 2.75) is 18.8 Å². The zero-order chi connectivity index (χ0) is 16.9. The topological polar surface area (TPSA) is 72.2 Å². The minimum Gasteiger partial charge on any atom is -0.618 e. The number of nitrogens with zero attached hydrogens (tertiary/aromatic N) is 3. The van der Waals surface area contributed by atoms with Gasteiger partial charge in [0.1, 0.15) is 5.15 Å². The highest BCUT2D eigenvalue weighted by atomic mass is 35.5. The van der Waals surface area contributed by atoms with Gasteiger partial charge in [-0.2, -0.15) is 4.73 Å². The maximum absolute atomic E-state index is 12.1. The standard InChI is InChI=1S/C17H19ClN4O2/c18-16-5-4-14(11-19-16)17(23)20-12-21-9-6-13(7-10-21)15-3-1-2-8-22(15)24/h1-5,8,11,13H,6-7,9-10,12H2,(H,20,23). The monoisotopic (exact) mass is 346 g/mol. The Bertz CT molecular complexity index is 700. The van der Waals surface area contributed by atoms with Gasteiger partial charge in [0.05, 0.1) is 12.2 Å². The number of piperidine rings is 1. The third kappa shape index (κ3) is 4.01. The minimum absolute atomic E-state index is 0.165. The number of carbonyl (C=O) groups is 1. The van der Waals surface area contributed by atoms with Crippen LogP contribution in [0.2, 0.25) is 5.15 Å². The Balaban J connectivity index is 1.48. The van der Waals surface area contributed by atoms with Gasteiger partial charge in [-0.05, 0) is 25.0 Å². The fraction of sp³-hybridized carbons (Fsp3) is 0.353. The van der Waals surface area contributed by atoms with Gasteiger partial charge in [-0.25, -0.2) is 4.98 Å². The molecule has 0 radical (unpaired) electrons. The Morgan fingerprint density at radius 1 is 1.33 bits per heavy atom. The molecule has 0 saturated carbocycles. The highest BCUT2D eigenvalue weighted by Crippen LogP contribution is 2.25. The van der Waals surface area contributed by atoms with E-state index in [2.05, 4.69) is 15.2 Å². The second-order valence-electron chi connectivity index (χ2n) is 5.88. The summed E-state index contributed by atoms with van der Waals surface area (Å²) < 4.78 is 0.954. The number of halogens is 1. The molecular weight excluding hydrogens is 328 g/mol. The third-order valence-corrected chi connectivity index (χ3v) is 4.54. The van der Waals surface area contributed by atoms with Crippen LogP contribution in [0.15, 0.2) is 42.7 Å². The van der Waals surface area contributed by atoms with Crippen LogP contribution in [-0.2, 0) is 0 Å². The number of hydrogen-bond donors (Lipinski definition) is 1. The van der Waals surface area contributed by atoms with Gasteiger partial charge in [-0.1, -0.05) is 17.7 Å². The smallest absolute Gasteiger partial charge is 0.253 e. The average molecular weight is 347 g/mol. The number of amides is 1. The maximum atomic E-state index is 12.1. The number of rotatable bonds is 4. The Kier molecular flexibility index (Phi) is 5.27. The molecule has 6 nitrogen and oxygen atoms in total. The molecule has 0 unspecified atom stereocenters. The Labute approximate surface area is 145 Å². The van der Waals surface area contributed by atoms with E-state index >= 15 is 0 Å². The van der Waals surface area contributed by atoms with Crippen LogP contribution in [0.25, 0.3) is 0 Å². The van der Waals surface area contributed by atoms with Crippen molar-refractivity contribution in [3.63, 3.8) is 0 Å². The summed E-state index contributed by atoms with van der Waals surface area (Å²) in [7, 11) is 0. The number of carbonyl (C=O) groups excluding carboxylic acids is 1. The quantitative estimate of drug-likeness (QED) is 0.521. The molecule has 2 aromatic rings. The van der Waals surface area contributed by atoms with Crippen molar-refractivity contribution >= 4 is 17.5 Å². The molecule has 7 heteroatoms. The van der Waals surface area contributed by atoms with Crippen molar-refractivity contribution in [1.29, 1.82) is 0 Å². The van der Waals surface area contributed by atoms with E-state index in [-0.39, 0.29) is 11.8 Å². The lowest BCUT2D eigenvalue weighted by Crippen LogP contribution is -2.43. The van der Waals surface area contributed by atoms with Crippen LogP contribution in [0, 0.1) is 5.21 Å². The first kappa shape index (κ1) is 16.7. The van der Waals surface area contributed by atoms with Crippen LogP contribution in [-0.4, -0.2) is 35.5 Å². The van der Waals surface area contributed by atoms with E-state index in [1.165, 1.54) is 6.20 Å². The Morgan fingerprint density at radius 2 is 2.12 bits per heavy atom. The number of hydrogen-bond acceptors (Lipinski definition) is 4. The molecule has 0 aliphatic carbocycles. The van der Waals surface area contributed by atoms with Crippen molar-refractivity contribution in [2.75, 3.05) is 19.8 Å². The van der Waals surface area contributed by atoms with E-state index in [4.69, 9.17) is 11.6 Å². The van der Waals surface area contributed by atoms with Gasteiger partial charge in [0.25, 0.3) is 5.91 Å². The van der Waals surface area contributed by atoms with Crippen LogP contribution < -0.4 is 10.0 Å². The molecule has 1 aliphatic heterocycles. The molecule has 24 heavy (non-hydrogen) atoms. The average Bonchev–Trinajstić information content (AvgIpc) is 2.61. The molecule has 1 fully saturated rings. The number of aromatic nitrogens is 2. The summed E-state index contributed by atoms with van der Waals surface area (Å²) in [5.41, 5.74) is 1.32. The number of likely N-dealkylation sites (tertiary alicyclic amines) is 1. The molecule has 0 aromatic carbocycles. The van der Waals surface area contributed by atoms with Gasteiger partial charge in [0.15, 0.2) is 11.9 Å². The summed E-state index contributed by atoms with van der Waals surface area (Å²) >= 11 is 5.72. The van der Waals surface area contributed by atoms with Crippen LogP contribution >= 0.6 is 11.6 Å². The molecule has 0 bridgehead atoms. The SMILES string of the molecule is O=C(NCN1CCC(c2cccc[n+]2[O-])CC1)c1ccc(Cl)nc1. The van der Waals surface area contributed by atoms with E-state index in [0.29, 0.717) is 17.4 Å². The van der Waals surface area contributed by atoms with E-state index in [1.54, 1.807) is 24.4 Å². The summed E-state index contributed by atoms with van der Waals surface area (Å²) in [4.78, 5) is 18.1.